The lowest BCUT2D eigenvalue weighted by molar-refractivity contribution is 0.303. The van der Waals surface area contributed by atoms with Crippen LogP contribution in [0.4, 0.5) is 11.8 Å². The molecule has 5 rings (SSSR count). The van der Waals surface area contributed by atoms with Gasteiger partial charge in [0.25, 0.3) is 0 Å². The van der Waals surface area contributed by atoms with Crippen LogP contribution < -0.4 is 20.3 Å². The van der Waals surface area contributed by atoms with Crippen LogP contribution >= 0.6 is 0 Å². The normalized spacial score (nSPS) is 17.6. The Morgan fingerprint density at radius 2 is 1.44 bits per heavy atom. The minimum absolute atomic E-state index is 0.394. The van der Waals surface area contributed by atoms with Gasteiger partial charge in [-0.3, -0.25) is 0 Å². The van der Waals surface area contributed by atoms with E-state index in [0.29, 0.717) is 18.7 Å². The number of hydrogen-bond acceptors (Lipinski definition) is 6. The highest BCUT2D eigenvalue weighted by Crippen LogP contribution is 2.26. The van der Waals surface area contributed by atoms with E-state index >= 15 is 0 Å². The first-order chi connectivity index (χ1) is 17.7. The van der Waals surface area contributed by atoms with Gasteiger partial charge in [-0.25, -0.2) is 4.98 Å². The molecule has 0 spiro atoms. The van der Waals surface area contributed by atoms with Crippen LogP contribution in [0.25, 0.3) is 10.9 Å². The van der Waals surface area contributed by atoms with Gasteiger partial charge < -0.3 is 20.3 Å². The summed E-state index contributed by atoms with van der Waals surface area (Å²) in [6.07, 6.45) is 4.47. The third-order valence-corrected chi connectivity index (χ3v) is 6.90. The number of aromatic nitrogens is 2. The summed E-state index contributed by atoms with van der Waals surface area (Å²) in [7, 11) is 4.06. The molecule has 1 fully saturated rings. The Labute approximate surface area is 213 Å². The van der Waals surface area contributed by atoms with Crippen molar-refractivity contribution in [2.24, 2.45) is 0 Å². The molecule has 36 heavy (non-hydrogen) atoms. The maximum Gasteiger partial charge on any atom is 0.225 e. The van der Waals surface area contributed by atoms with Crippen molar-refractivity contribution in [1.29, 1.82) is 0 Å². The van der Waals surface area contributed by atoms with Crippen LogP contribution in [0, 0.1) is 0 Å². The molecule has 6 heteroatoms. The molecule has 0 amide bonds. The van der Waals surface area contributed by atoms with Gasteiger partial charge in [-0.15, -0.1) is 0 Å². The van der Waals surface area contributed by atoms with E-state index in [-0.39, 0.29) is 0 Å². The Hall–Kier alpha value is -3.64. The molecule has 0 saturated heterocycles. The molecule has 1 aliphatic carbocycles. The molecule has 1 aliphatic rings. The molecule has 0 bridgehead atoms. The van der Waals surface area contributed by atoms with Crippen LogP contribution in [0.2, 0.25) is 0 Å². The Bertz CT molecular complexity index is 1270. The SMILES string of the molecule is CN(C)c1nc(NC2CCC(NCc3ccccc3COc3ccccc3)CC2)nc2ccccc12. The molecule has 6 nitrogen and oxygen atoms in total. The monoisotopic (exact) mass is 481 g/mol. The zero-order chi connectivity index (χ0) is 24.7. The quantitative estimate of drug-likeness (QED) is 0.316. The second-order valence-corrected chi connectivity index (χ2v) is 9.73. The first-order valence-electron chi connectivity index (χ1n) is 12.8. The van der Waals surface area contributed by atoms with Crippen molar-refractivity contribution in [3.8, 4) is 5.75 Å². The largest absolute Gasteiger partial charge is 0.489 e. The van der Waals surface area contributed by atoms with Crippen LogP contribution in [0.15, 0.2) is 78.9 Å². The van der Waals surface area contributed by atoms with E-state index in [1.807, 2.05) is 56.6 Å². The summed E-state index contributed by atoms with van der Waals surface area (Å²) in [5, 5.41) is 8.48. The average Bonchev–Trinajstić information content (AvgIpc) is 2.92. The number of ether oxygens (including phenoxy) is 1. The molecule has 0 aliphatic heterocycles. The zero-order valence-electron chi connectivity index (χ0n) is 21.2. The van der Waals surface area contributed by atoms with Gasteiger partial charge in [0.15, 0.2) is 0 Å². The summed E-state index contributed by atoms with van der Waals surface area (Å²) in [6, 6.07) is 27.7. The Morgan fingerprint density at radius 3 is 2.22 bits per heavy atom. The number of nitrogens with zero attached hydrogens (tertiary/aromatic N) is 3. The lowest BCUT2D eigenvalue weighted by Crippen LogP contribution is -2.37. The van der Waals surface area contributed by atoms with Gasteiger partial charge in [-0.2, -0.15) is 4.98 Å². The molecule has 1 saturated carbocycles. The number of fused-ring (bicyclic) bond motifs is 1. The van der Waals surface area contributed by atoms with Gasteiger partial charge in [0.1, 0.15) is 18.2 Å². The molecule has 1 heterocycles. The highest BCUT2D eigenvalue weighted by atomic mass is 16.5. The molecule has 4 aromatic rings. The van der Waals surface area contributed by atoms with E-state index in [1.165, 1.54) is 11.1 Å². The summed E-state index contributed by atoms with van der Waals surface area (Å²) in [6.45, 7) is 1.44. The minimum atomic E-state index is 0.394. The number of anilines is 2. The highest BCUT2D eigenvalue weighted by molar-refractivity contribution is 5.90. The van der Waals surface area contributed by atoms with Gasteiger partial charge >= 0.3 is 0 Å². The molecular formula is C30H35N5O. The first-order valence-corrected chi connectivity index (χ1v) is 12.8. The van der Waals surface area contributed by atoms with Gasteiger partial charge in [-0.05, 0) is 61.1 Å². The fourth-order valence-electron chi connectivity index (χ4n) is 4.89. The van der Waals surface area contributed by atoms with Crippen molar-refractivity contribution in [3.05, 3.63) is 90.0 Å². The van der Waals surface area contributed by atoms with Gasteiger partial charge in [0.2, 0.25) is 5.95 Å². The molecule has 0 radical (unpaired) electrons. The van der Waals surface area contributed by atoms with Crippen LogP contribution in [-0.2, 0) is 13.2 Å². The van der Waals surface area contributed by atoms with E-state index in [1.54, 1.807) is 0 Å². The van der Waals surface area contributed by atoms with E-state index in [2.05, 4.69) is 51.9 Å². The third kappa shape index (κ3) is 5.94. The predicted octanol–water partition coefficient (Wildman–Crippen LogP) is 5.79. The van der Waals surface area contributed by atoms with Crippen molar-refractivity contribution in [1.82, 2.24) is 15.3 Å². The van der Waals surface area contributed by atoms with Crippen LogP contribution in [0.3, 0.4) is 0 Å². The average molecular weight is 482 g/mol. The lowest BCUT2D eigenvalue weighted by Gasteiger charge is -2.30. The fraction of sp³-hybridized carbons (Fsp3) is 0.333. The Kier molecular flexibility index (Phi) is 7.62. The molecule has 1 aromatic heterocycles. The number of rotatable bonds is 9. The van der Waals surface area contributed by atoms with Crippen molar-refractivity contribution < 1.29 is 4.74 Å². The number of hydrogen-bond donors (Lipinski definition) is 2. The summed E-state index contributed by atoms with van der Waals surface area (Å²) < 4.78 is 5.99. The number of para-hydroxylation sites is 2. The van der Waals surface area contributed by atoms with Crippen molar-refractivity contribution in [2.45, 2.75) is 50.9 Å². The predicted molar refractivity (Wildman–Crippen MR) is 148 cm³/mol. The third-order valence-electron chi connectivity index (χ3n) is 6.90. The maximum absolute atomic E-state index is 5.99. The van der Waals surface area contributed by atoms with E-state index < -0.39 is 0 Å². The van der Waals surface area contributed by atoms with E-state index in [0.717, 1.165) is 60.6 Å². The van der Waals surface area contributed by atoms with Crippen molar-refractivity contribution in [3.63, 3.8) is 0 Å². The summed E-state index contributed by atoms with van der Waals surface area (Å²) in [5.41, 5.74) is 3.51. The number of benzene rings is 3. The number of nitrogens with one attached hydrogen (secondary N) is 2. The summed E-state index contributed by atoms with van der Waals surface area (Å²) >= 11 is 0. The van der Waals surface area contributed by atoms with Crippen LogP contribution in [0.1, 0.15) is 36.8 Å². The second kappa shape index (κ2) is 11.4. The second-order valence-electron chi connectivity index (χ2n) is 9.73. The lowest BCUT2D eigenvalue weighted by atomic mass is 9.91. The standard InChI is InChI=1S/C30H35N5O/c1-35(2)29-27-14-8-9-15-28(27)33-30(34-29)32-25-18-16-24(17-19-25)31-20-22-10-6-7-11-23(22)21-36-26-12-4-3-5-13-26/h3-15,24-25,31H,16-21H2,1-2H3,(H,32,33,34). The van der Waals surface area contributed by atoms with Gasteiger partial charge in [0, 0.05) is 38.1 Å². The Morgan fingerprint density at radius 1 is 0.778 bits per heavy atom. The minimum Gasteiger partial charge on any atom is -0.489 e. The Balaban J connectivity index is 1.14. The van der Waals surface area contributed by atoms with Crippen molar-refractivity contribution >= 4 is 22.7 Å². The molecule has 0 unspecified atom stereocenters. The van der Waals surface area contributed by atoms with E-state index in [4.69, 9.17) is 14.7 Å². The van der Waals surface area contributed by atoms with Crippen molar-refractivity contribution in [2.75, 3.05) is 24.3 Å². The van der Waals surface area contributed by atoms with E-state index in [9.17, 15) is 0 Å². The van der Waals surface area contributed by atoms with Crippen LogP contribution in [-0.4, -0.2) is 36.1 Å². The topological polar surface area (TPSA) is 62.3 Å². The molecule has 186 valence electrons. The van der Waals surface area contributed by atoms with Gasteiger partial charge in [-0.1, -0.05) is 54.6 Å². The summed E-state index contributed by atoms with van der Waals surface area (Å²) in [5.74, 6) is 2.58. The highest BCUT2D eigenvalue weighted by Gasteiger charge is 2.22. The molecule has 3 aromatic carbocycles. The van der Waals surface area contributed by atoms with Crippen LogP contribution in [0.5, 0.6) is 5.75 Å². The van der Waals surface area contributed by atoms with Gasteiger partial charge in [0.05, 0.1) is 5.52 Å². The maximum atomic E-state index is 5.99. The molecule has 0 atom stereocenters. The fourth-order valence-corrected chi connectivity index (χ4v) is 4.89. The molecular weight excluding hydrogens is 446 g/mol. The summed E-state index contributed by atoms with van der Waals surface area (Å²) in [4.78, 5) is 11.6. The zero-order valence-corrected chi connectivity index (χ0v) is 21.2. The first kappa shape index (κ1) is 24.1. The smallest absolute Gasteiger partial charge is 0.225 e. The molecule has 2 N–H and O–H groups in total.